The minimum atomic E-state index is 1.29. The first-order chi connectivity index (χ1) is 9.95. The van der Waals surface area contributed by atoms with Crippen LogP contribution in [0, 0.1) is 6.42 Å². The van der Waals surface area contributed by atoms with Crippen molar-refractivity contribution >= 4 is 6.08 Å². The van der Waals surface area contributed by atoms with Gasteiger partial charge in [-0.05, 0) is 47.9 Å². The van der Waals surface area contributed by atoms with E-state index in [9.17, 15) is 0 Å². The van der Waals surface area contributed by atoms with Crippen LogP contribution in [0.25, 0.3) is 6.08 Å². The maximum atomic E-state index is 2.40. The van der Waals surface area contributed by atoms with Crippen molar-refractivity contribution in [2.24, 2.45) is 0 Å². The molecule has 3 rings (SSSR count). The third-order valence-corrected chi connectivity index (χ3v) is 4.90. The molecule has 0 unspecified atom stereocenters. The lowest BCUT2D eigenvalue weighted by molar-refractivity contribution is 0.564. The molecular weight excluding hydrogens is 240 g/mol. The second kappa shape index (κ2) is 7.11. The van der Waals surface area contributed by atoms with Crippen LogP contribution in [0.15, 0.2) is 18.2 Å². The number of hydrogen-bond acceptors (Lipinski definition) is 0. The molecule has 0 bridgehead atoms. The molecule has 0 saturated heterocycles. The van der Waals surface area contributed by atoms with Gasteiger partial charge in [-0.2, -0.15) is 0 Å². The summed E-state index contributed by atoms with van der Waals surface area (Å²) in [5.41, 5.74) is 6.25. The third kappa shape index (κ3) is 3.34. The van der Waals surface area contributed by atoms with Crippen LogP contribution in [0.5, 0.6) is 0 Å². The van der Waals surface area contributed by atoms with Crippen molar-refractivity contribution in [1.82, 2.24) is 0 Å². The molecule has 2 aliphatic rings. The first kappa shape index (κ1) is 13.9. The molecule has 0 nitrogen and oxygen atoms in total. The summed E-state index contributed by atoms with van der Waals surface area (Å²) in [6.45, 7) is 0. The van der Waals surface area contributed by atoms with Crippen LogP contribution in [-0.2, 0) is 12.8 Å². The van der Waals surface area contributed by atoms with Gasteiger partial charge in [-0.3, -0.25) is 0 Å². The first-order valence-electron chi connectivity index (χ1n) is 8.61. The molecule has 0 aromatic heterocycles. The fraction of sp³-hybridized carbons (Fsp3) is 0.550. The van der Waals surface area contributed by atoms with Crippen LogP contribution >= 0.6 is 0 Å². The van der Waals surface area contributed by atoms with E-state index in [2.05, 4.69) is 30.7 Å². The molecule has 107 valence electrons. The van der Waals surface area contributed by atoms with Crippen LogP contribution in [0.4, 0.5) is 0 Å². The van der Waals surface area contributed by atoms with Gasteiger partial charge in [0.1, 0.15) is 0 Å². The van der Waals surface area contributed by atoms with Crippen LogP contribution in [-0.4, -0.2) is 0 Å². The molecule has 0 N–H and O–H groups in total. The fourth-order valence-corrected chi connectivity index (χ4v) is 3.70. The van der Waals surface area contributed by atoms with Crippen molar-refractivity contribution in [1.29, 1.82) is 0 Å². The molecule has 2 aliphatic carbocycles. The molecule has 0 aliphatic heterocycles. The van der Waals surface area contributed by atoms with E-state index >= 15 is 0 Å². The highest BCUT2D eigenvalue weighted by Crippen LogP contribution is 2.30. The van der Waals surface area contributed by atoms with E-state index in [1.807, 2.05) is 0 Å². The molecule has 0 atom stereocenters. The normalized spacial score (nSPS) is 20.4. The highest BCUT2D eigenvalue weighted by molar-refractivity contribution is 5.69. The Bertz CT molecular complexity index is 467. The summed E-state index contributed by atoms with van der Waals surface area (Å²) in [5, 5.41) is 0. The van der Waals surface area contributed by atoms with Gasteiger partial charge < -0.3 is 0 Å². The monoisotopic (exact) mass is 267 g/mol. The van der Waals surface area contributed by atoms with Crippen molar-refractivity contribution in [3.05, 3.63) is 46.9 Å². The molecule has 0 heterocycles. The van der Waals surface area contributed by atoms with E-state index in [4.69, 9.17) is 0 Å². The van der Waals surface area contributed by atoms with Crippen molar-refractivity contribution in [3.63, 3.8) is 0 Å². The van der Waals surface area contributed by atoms with Crippen molar-refractivity contribution < 1.29 is 0 Å². The molecule has 1 aromatic carbocycles. The van der Waals surface area contributed by atoms with Crippen LogP contribution < -0.4 is 0 Å². The number of aryl methyl sites for hydroxylation is 1. The average Bonchev–Trinajstić information content (AvgIpc) is 2.94. The molecule has 0 heteroatoms. The summed E-state index contributed by atoms with van der Waals surface area (Å²) in [7, 11) is 0. The fourth-order valence-electron chi connectivity index (χ4n) is 3.70. The van der Waals surface area contributed by atoms with Gasteiger partial charge in [0.05, 0.1) is 0 Å². The standard InChI is InChI=1S/C20H27/c1-2-4-6-8-11-17-15-16-18-12-10-14-20(18)19(17)13-9-7-5-3-1/h10,12,14-16H,1-9,11,13H2. The summed E-state index contributed by atoms with van der Waals surface area (Å²) < 4.78 is 0. The van der Waals surface area contributed by atoms with Crippen molar-refractivity contribution in [3.8, 4) is 0 Å². The number of fused-ring (bicyclic) bond motifs is 3. The zero-order valence-corrected chi connectivity index (χ0v) is 12.7. The van der Waals surface area contributed by atoms with Gasteiger partial charge in [0.2, 0.25) is 0 Å². The highest BCUT2D eigenvalue weighted by Gasteiger charge is 2.14. The van der Waals surface area contributed by atoms with E-state index < -0.39 is 0 Å². The predicted molar refractivity (Wildman–Crippen MR) is 87.8 cm³/mol. The molecule has 0 amide bonds. The summed E-state index contributed by atoms with van der Waals surface area (Å²) in [6, 6.07) is 4.73. The van der Waals surface area contributed by atoms with E-state index in [0.29, 0.717) is 0 Å². The topological polar surface area (TPSA) is 0 Å². The molecule has 1 aromatic rings. The number of rotatable bonds is 0. The van der Waals surface area contributed by atoms with E-state index in [-0.39, 0.29) is 0 Å². The summed E-state index contributed by atoms with van der Waals surface area (Å²) in [4.78, 5) is 0. The smallest absolute Gasteiger partial charge is 0.0131 e. The second-order valence-electron chi connectivity index (χ2n) is 6.41. The Kier molecular flexibility index (Phi) is 4.95. The van der Waals surface area contributed by atoms with Gasteiger partial charge in [0.25, 0.3) is 0 Å². The Labute approximate surface area is 124 Å². The number of hydrogen-bond donors (Lipinski definition) is 0. The SMILES string of the molecule is [CH]1C=Cc2c1ccc1c2CCCCCCCCCCC1. The molecular formula is C20H27. The molecule has 1 radical (unpaired) electrons. The van der Waals surface area contributed by atoms with Gasteiger partial charge >= 0.3 is 0 Å². The number of benzene rings is 1. The Morgan fingerprint density at radius 3 is 2.05 bits per heavy atom. The van der Waals surface area contributed by atoms with Gasteiger partial charge in [0, 0.05) is 6.42 Å². The predicted octanol–water partition coefficient (Wildman–Crippen LogP) is 5.88. The third-order valence-electron chi connectivity index (χ3n) is 4.90. The minimum Gasteiger partial charge on any atom is -0.0754 e. The first-order valence-corrected chi connectivity index (χ1v) is 8.61. The zero-order valence-electron chi connectivity index (χ0n) is 12.7. The van der Waals surface area contributed by atoms with E-state index in [0.717, 1.165) is 0 Å². The van der Waals surface area contributed by atoms with E-state index in [1.54, 1.807) is 11.1 Å². The van der Waals surface area contributed by atoms with Crippen LogP contribution in [0.2, 0.25) is 0 Å². The lowest BCUT2D eigenvalue weighted by Gasteiger charge is -2.14. The van der Waals surface area contributed by atoms with Crippen molar-refractivity contribution in [2.45, 2.75) is 70.6 Å². The lowest BCUT2D eigenvalue weighted by Crippen LogP contribution is -2.00. The number of allylic oxidation sites excluding steroid dienone is 1. The average molecular weight is 267 g/mol. The maximum Gasteiger partial charge on any atom is 0.0131 e. The molecule has 0 saturated carbocycles. The molecule has 0 spiro atoms. The summed E-state index contributed by atoms with van der Waals surface area (Å²) in [6.07, 6.45) is 22.2. The zero-order chi connectivity index (χ0) is 13.6. The van der Waals surface area contributed by atoms with Gasteiger partial charge in [-0.15, -0.1) is 0 Å². The van der Waals surface area contributed by atoms with Gasteiger partial charge in [-0.25, -0.2) is 0 Å². The van der Waals surface area contributed by atoms with Gasteiger partial charge in [0.15, 0.2) is 0 Å². The quantitative estimate of drug-likeness (QED) is 0.551. The Morgan fingerprint density at radius 2 is 1.30 bits per heavy atom. The van der Waals surface area contributed by atoms with Crippen LogP contribution in [0.1, 0.15) is 80.0 Å². The molecule has 20 heavy (non-hydrogen) atoms. The van der Waals surface area contributed by atoms with Crippen molar-refractivity contribution in [2.75, 3.05) is 0 Å². The highest BCUT2D eigenvalue weighted by atomic mass is 14.2. The lowest BCUT2D eigenvalue weighted by atomic mass is 9.91. The second-order valence-corrected chi connectivity index (χ2v) is 6.41. The van der Waals surface area contributed by atoms with Crippen LogP contribution in [0.3, 0.4) is 0 Å². The summed E-state index contributed by atoms with van der Waals surface area (Å²) in [5.74, 6) is 0. The van der Waals surface area contributed by atoms with E-state index in [1.165, 1.54) is 81.8 Å². The summed E-state index contributed by atoms with van der Waals surface area (Å²) >= 11 is 0. The van der Waals surface area contributed by atoms with Gasteiger partial charge in [-0.1, -0.05) is 69.2 Å². The Morgan fingerprint density at radius 1 is 0.650 bits per heavy atom. The Balaban J connectivity index is 1.78. The minimum absolute atomic E-state index is 1.29. The maximum absolute atomic E-state index is 2.40. The largest absolute Gasteiger partial charge is 0.0754 e. The Hall–Kier alpha value is -1.04. The molecule has 0 fully saturated rings.